The molecular formula is C18H27N3O. The van der Waals surface area contributed by atoms with Crippen molar-refractivity contribution in [2.75, 3.05) is 6.54 Å². The Kier molecular flexibility index (Phi) is 6.13. The number of hydrogen-bond acceptors (Lipinski definition) is 3. The first-order chi connectivity index (χ1) is 10.7. The maximum Gasteiger partial charge on any atom is 0.261 e. The van der Waals surface area contributed by atoms with Crippen LogP contribution in [0.5, 0.6) is 0 Å². The highest BCUT2D eigenvalue weighted by molar-refractivity contribution is 5.77. The van der Waals surface area contributed by atoms with E-state index in [2.05, 4.69) is 19.2 Å². The van der Waals surface area contributed by atoms with Gasteiger partial charge in [0.1, 0.15) is 5.82 Å². The highest BCUT2D eigenvalue weighted by Gasteiger charge is 2.14. The number of rotatable bonds is 8. The number of benzene rings is 1. The third kappa shape index (κ3) is 3.74. The second-order valence-electron chi connectivity index (χ2n) is 5.77. The average molecular weight is 301 g/mol. The first-order valence-corrected chi connectivity index (χ1v) is 8.41. The first-order valence-electron chi connectivity index (χ1n) is 8.41. The molecule has 0 aliphatic carbocycles. The van der Waals surface area contributed by atoms with E-state index in [1.165, 1.54) is 25.7 Å². The van der Waals surface area contributed by atoms with E-state index >= 15 is 0 Å². The van der Waals surface area contributed by atoms with Crippen molar-refractivity contribution in [1.29, 1.82) is 0 Å². The van der Waals surface area contributed by atoms with Crippen LogP contribution >= 0.6 is 0 Å². The Bertz CT molecular complexity index is 663. The summed E-state index contributed by atoms with van der Waals surface area (Å²) in [5.41, 5.74) is 0.842. The van der Waals surface area contributed by atoms with Gasteiger partial charge in [-0.3, -0.25) is 9.36 Å². The largest absolute Gasteiger partial charge is 0.308 e. The summed E-state index contributed by atoms with van der Waals surface area (Å²) in [6.45, 7) is 7.91. The van der Waals surface area contributed by atoms with E-state index in [4.69, 9.17) is 4.98 Å². The van der Waals surface area contributed by atoms with Crippen LogP contribution in [0.25, 0.3) is 10.9 Å². The van der Waals surface area contributed by atoms with Gasteiger partial charge in [-0.05, 0) is 38.9 Å². The van der Waals surface area contributed by atoms with Crippen LogP contribution in [0, 0.1) is 0 Å². The molecule has 120 valence electrons. The predicted octanol–water partition coefficient (Wildman–Crippen LogP) is 3.65. The maximum atomic E-state index is 12.6. The highest BCUT2D eigenvalue weighted by atomic mass is 16.1. The van der Waals surface area contributed by atoms with Crippen LogP contribution in [0.2, 0.25) is 0 Å². The molecule has 0 aliphatic rings. The molecule has 1 atom stereocenters. The summed E-state index contributed by atoms with van der Waals surface area (Å²) in [6.07, 6.45) is 4.95. The van der Waals surface area contributed by atoms with Crippen LogP contribution in [0.1, 0.15) is 58.3 Å². The summed E-state index contributed by atoms with van der Waals surface area (Å²) in [6, 6.07) is 7.66. The molecule has 0 fully saturated rings. The lowest BCUT2D eigenvalue weighted by atomic mass is 10.2. The molecule has 1 heterocycles. The lowest BCUT2D eigenvalue weighted by Gasteiger charge is -2.18. The van der Waals surface area contributed by atoms with Gasteiger partial charge in [0.05, 0.1) is 16.9 Å². The van der Waals surface area contributed by atoms with E-state index in [1.807, 2.05) is 31.2 Å². The van der Waals surface area contributed by atoms with Crippen molar-refractivity contribution < 1.29 is 0 Å². The molecule has 22 heavy (non-hydrogen) atoms. The summed E-state index contributed by atoms with van der Waals surface area (Å²) >= 11 is 0. The van der Waals surface area contributed by atoms with Crippen LogP contribution in [0.15, 0.2) is 29.1 Å². The van der Waals surface area contributed by atoms with E-state index in [-0.39, 0.29) is 11.6 Å². The fourth-order valence-corrected chi connectivity index (χ4v) is 2.78. The summed E-state index contributed by atoms with van der Waals surface area (Å²) in [5, 5.41) is 4.20. The van der Waals surface area contributed by atoms with E-state index in [0.717, 1.165) is 17.9 Å². The van der Waals surface area contributed by atoms with Crippen LogP contribution in [0.3, 0.4) is 0 Å². The number of para-hydroxylation sites is 1. The molecule has 0 saturated heterocycles. The van der Waals surface area contributed by atoms with E-state index in [9.17, 15) is 4.79 Å². The zero-order valence-electron chi connectivity index (χ0n) is 13.9. The minimum absolute atomic E-state index is 0.0581. The van der Waals surface area contributed by atoms with Crippen molar-refractivity contribution in [2.45, 2.75) is 59.0 Å². The van der Waals surface area contributed by atoms with Crippen molar-refractivity contribution >= 4 is 10.9 Å². The molecule has 4 heteroatoms. The minimum Gasteiger partial charge on any atom is -0.308 e. The highest BCUT2D eigenvalue weighted by Crippen LogP contribution is 2.14. The van der Waals surface area contributed by atoms with Gasteiger partial charge in [0.2, 0.25) is 0 Å². The van der Waals surface area contributed by atoms with Gasteiger partial charge in [0.25, 0.3) is 5.56 Å². The van der Waals surface area contributed by atoms with Gasteiger partial charge >= 0.3 is 0 Å². The second kappa shape index (κ2) is 8.08. The molecule has 0 bridgehead atoms. The predicted molar refractivity (Wildman–Crippen MR) is 92.2 cm³/mol. The normalized spacial score (nSPS) is 12.7. The molecular weight excluding hydrogens is 274 g/mol. The maximum absolute atomic E-state index is 12.6. The Balaban J connectivity index is 2.20. The molecule has 0 unspecified atom stereocenters. The third-order valence-electron chi connectivity index (χ3n) is 4.08. The second-order valence-corrected chi connectivity index (χ2v) is 5.77. The lowest BCUT2D eigenvalue weighted by Crippen LogP contribution is -2.31. The Hall–Kier alpha value is -1.68. The molecule has 0 amide bonds. The fourth-order valence-electron chi connectivity index (χ4n) is 2.78. The number of aromatic nitrogens is 2. The molecule has 0 spiro atoms. The Morgan fingerprint density at radius 1 is 1.18 bits per heavy atom. The number of nitrogens with zero attached hydrogens (tertiary/aromatic N) is 2. The zero-order valence-corrected chi connectivity index (χ0v) is 13.9. The molecule has 0 radical (unpaired) electrons. The molecule has 2 aromatic rings. The molecule has 1 aromatic heterocycles. The number of fused-ring (bicyclic) bond motifs is 1. The van der Waals surface area contributed by atoms with Crippen molar-refractivity contribution in [1.82, 2.24) is 14.9 Å². The number of hydrogen-bond donors (Lipinski definition) is 1. The number of unbranched alkanes of at least 4 members (excludes halogenated alkanes) is 3. The molecule has 4 nitrogen and oxygen atoms in total. The van der Waals surface area contributed by atoms with Gasteiger partial charge in [0.15, 0.2) is 0 Å². The number of nitrogens with one attached hydrogen (secondary N) is 1. The molecule has 0 aliphatic heterocycles. The topological polar surface area (TPSA) is 46.9 Å². The van der Waals surface area contributed by atoms with Crippen LogP contribution < -0.4 is 10.9 Å². The molecule has 1 N–H and O–H groups in total. The summed E-state index contributed by atoms with van der Waals surface area (Å²) in [7, 11) is 0. The van der Waals surface area contributed by atoms with Crippen LogP contribution in [-0.2, 0) is 6.54 Å². The fraction of sp³-hybridized carbons (Fsp3) is 0.556. The quantitative estimate of drug-likeness (QED) is 0.757. The van der Waals surface area contributed by atoms with Crippen molar-refractivity contribution in [2.24, 2.45) is 0 Å². The summed E-state index contributed by atoms with van der Waals surface area (Å²) in [5.74, 6) is 0.835. The first kappa shape index (κ1) is 16.7. The van der Waals surface area contributed by atoms with E-state index in [0.29, 0.717) is 11.9 Å². The molecule has 2 rings (SSSR count). The van der Waals surface area contributed by atoms with Gasteiger partial charge in [-0.2, -0.15) is 0 Å². The van der Waals surface area contributed by atoms with Gasteiger partial charge < -0.3 is 5.32 Å². The van der Waals surface area contributed by atoms with E-state index in [1.54, 1.807) is 4.57 Å². The SMILES string of the molecule is CCCCCCN[C@@H](C)c1nc2ccccc2c(=O)n1CC. The Morgan fingerprint density at radius 3 is 2.68 bits per heavy atom. The lowest BCUT2D eigenvalue weighted by molar-refractivity contribution is 0.489. The monoisotopic (exact) mass is 301 g/mol. The zero-order chi connectivity index (χ0) is 15.9. The minimum atomic E-state index is 0.0581. The summed E-state index contributed by atoms with van der Waals surface area (Å²) in [4.78, 5) is 17.3. The Morgan fingerprint density at radius 2 is 1.95 bits per heavy atom. The van der Waals surface area contributed by atoms with Crippen LogP contribution in [-0.4, -0.2) is 16.1 Å². The molecule has 0 saturated carbocycles. The van der Waals surface area contributed by atoms with Gasteiger partial charge in [-0.25, -0.2) is 4.98 Å². The smallest absolute Gasteiger partial charge is 0.261 e. The van der Waals surface area contributed by atoms with Crippen LogP contribution in [0.4, 0.5) is 0 Å². The van der Waals surface area contributed by atoms with Gasteiger partial charge in [-0.15, -0.1) is 0 Å². The summed E-state index contributed by atoms with van der Waals surface area (Å²) < 4.78 is 1.78. The van der Waals surface area contributed by atoms with Crippen molar-refractivity contribution in [3.8, 4) is 0 Å². The Labute approximate surface area is 132 Å². The van der Waals surface area contributed by atoms with Crippen molar-refractivity contribution in [3.63, 3.8) is 0 Å². The average Bonchev–Trinajstić information content (AvgIpc) is 2.54. The van der Waals surface area contributed by atoms with Gasteiger partial charge in [0, 0.05) is 6.54 Å². The van der Waals surface area contributed by atoms with Gasteiger partial charge in [-0.1, -0.05) is 38.3 Å². The van der Waals surface area contributed by atoms with Crippen molar-refractivity contribution in [3.05, 3.63) is 40.4 Å². The van der Waals surface area contributed by atoms with E-state index < -0.39 is 0 Å². The standard InChI is InChI=1S/C18H27N3O/c1-4-6-7-10-13-19-14(3)17-20-16-12-9-8-11-15(16)18(22)21(17)5-2/h8-9,11-12,14,19H,4-7,10,13H2,1-3H3/t14-/m0/s1. The molecule has 1 aromatic carbocycles. The third-order valence-corrected chi connectivity index (χ3v) is 4.08.